The topological polar surface area (TPSA) is 57.9 Å². The van der Waals surface area contributed by atoms with Crippen LogP contribution < -0.4 is 15.0 Å². The highest BCUT2D eigenvalue weighted by Gasteiger charge is 2.19. The van der Waals surface area contributed by atoms with Crippen LogP contribution in [0.5, 0.6) is 5.75 Å². The zero-order valence-corrected chi connectivity index (χ0v) is 17.3. The molecule has 0 bridgehead atoms. The Morgan fingerprint density at radius 3 is 2.71 bits per heavy atom. The molecule has 0 spiro atoms. The lowest BCUT2D eigenvalue weighted by atomic mass is 10.2. The van der Waals surface area contributed by atoms with Crippen LogP contribution in [0.1, 0.15) is 18.7 Å². The third kappa shape index (κ3) is 5.18. The second-order valence-corrected chi connectivity index (χ2v) is 7.02. The molecule has 0 amide bonds. The van der Waals surface area contributed by atoms with Gasteiger partial charge < -0.3 is 24.4 Å². The fourth-order valence-electron chi connectivity index (χ4n) is 3.56. The first-order chi connectivity index (χ1) is 13.7. The minimum atomic E-state index is 0.906. The first kappa shape index (κ1) is 20.0. The van der Waals surface area contributed by atoms with Gasteiger partial charge in [-0.2, -0.15) is 0 Å². The smallest absolute Gasteiger partial charge is 0.193 e. The van der Waals surface area contributed by atoms with E-state index in [4.69, 9.17) is 4.74 Å². The van der Waals surface area contributed by atoms with Crippen molar-refractivity contribution in [1.29, 1.82) is 0 Å². The maximum atomic E-state index is 5.35. The first-order valence-corrected chi connectivity index (χ1v) is 10.0. The molecule has 0 aliphatic carbocycles. The second kappa shape index (κ2) is 10.0. The van der Waals surface area contributed by atoms with Crippen molar-refractivity contribution in [1.82, 2.24) is 19.8 Å². The average Bonchev–Trinajstić information content (AvgIpc) is 3.15. The number of anilines is 1. The molecule has 1 aromatic carbocycles. The molecule has 1 aromatic heterocycles. The summed E-state index contributed by atoms with van der Waals surface area (Å²) >= 11 is 0. The van der Waals surface area contributed by atoms with E-state index in [1.807, 2.05) is 38.5 Å². The lowest BCUT2D eigenvalue weighted by molar-refractivity contribution is 0.371. The third-order valence-corrected chi connectivity index (χ3v) is 5.24. The Morgan fingerprint density at radius 2 is 2.04 bits per heavy atom. The molecule has 7 nitrogen and oxygen atoms in total. The molecule has 1 fully saturated rings. The molecule has 1 saturated heterocycles. The van der Waals surface area contributed by atoms with E-state index < -0.39 is 0 Å². The molecule has 1 aliphatic rings. The van der Waals surface area contributed by atoms with Gasteiger partial charge in [0, 0.05) is 70.5 Å². The number of ether oxygens (including phenoxy) is 1. The zero-order valence-electron chi connectivity index (χ0n) is 17.3. The van der Waals surface area contributed by atoms with Crippen LogP contribution in [-0.2, 0) is 6.54 Å². The van der Waals surface area contributed by atoms with Crippen molar-refractivity contribution in [3.05, 3.63) is 42.5 Å². The van der Waals surface area contributed by atoms with Gasteiger partial charge in [-0.3, -0.25) is 4.99 Å². The highest BCUT2D eigenvalue weighted by atomic mass is 16.5. The van der Waals surface area contributed by atoms with Gasteiger partial charge in [0.1, 0.15) is 11.6 Å². The molecule has 0 saturated carbocycles. The summed E-state index contributed by atoms with van der Waals surface area (Å²) in [5.41, 5.74) is 1.22. The number of benzene rings is 1. The van der Waals surface area contributed by atoms with Gasteiger partial charge in [0.25, 0.3) is 0 Å². The van der Waals surface area contributed by atoms with E-state index in [0.717, 1.165) is 69.6 Å². The normalized spacial score (nSPS) is 15.0. The number of hydrogen-bond donors (Lipinski definition) is 1. The van der Waals surface area contributed by atoms with Gasteiger partial charge in [0.2, 0.25) is 0 Å². The largest absolute Gasteiger partial charge is 0.497 e. The Morgan fingerprint density at radius 1 is 1.21 bits per heavy atom. The fraction of sp³-hybridized carbons (Fsp3) is 0.524. The number of piperazine rings is 1. The molecule has 2 heterocycles. The third-order valence-electron chi connectivity index (χ3n) is 5.24. The first-order valence-electron chi connectivity index (χ1n) is 10.0. The Bertz CT molecular complexity index is 764. The fourth-order valence-corrected chi connectivity index (χ4v) is 3.56. The quantitative estimate of drug-likeness (QED) is 0.451. The van der Waals surface area contributed by atoms with Gasteiger partial charge in [-0.1, -0.05) is 6.07 Å². The number of nitrogens with zero attached hydrogens (tertiary/aromatic N) is 5. The Labute approximate surface area is 168 Å². The SMILES string of the molecule is CN=C(NCCCCn1ccnc1C)N1CCN(c2cccc(OC)c2)CC1. The van der Waals surface area contributed by atoms with Gasteiger partial charge in [-0.15, -0.1) is 0 Å². The molecule has 7 heteroatoms. The van der Waals surface area contributed by atoms with Gasteiger partial charge in [-0.05, 0) is 31.9 Å². The molecule has 0 atom stereocenters. The number of methoxy groups -OCH3 is 1. The molecule has 1 N–H and O–H groups in total. The number of unbranched alkanes of at least 4 members (excludes halogenated alkanes) is 1. The Balaban J connectivity index is 1.40. The highest BCUT2D eigenvalue weighted by molar-refractivity contribution is 5.80. The van der Waals surface area contributed by atoms with Gasteiger partial charge in [0.05, 0.1) is 7.11 Å². The number of aryl methyl sites for hydroxylation is 2. The van der Waals surface area contributed by atoms with Crippen molar-refractivity contribution in [2.75, 3.05) is 51.8 Å². The van der Waals surface area contributed by atoms with E-state index in [-0.39, 0.29) is 0 Å². The van der Waals surface area contributed by atoms with Crippen molar-refractivity contribution in [3.63, 3.8) is 0 Å². The van der Waals surface area contributed by atoms with Crippen LogP contribution in [0.15, 0.2) is 41.7 Å². The zero-order chi connectivity index (χ0) is 19.8. The second-order valence-electron chi connectivity index (χ2n) is 7.02. The van der Waals surface area contributed by atoms with Crippen molar-refractivity contribution in [2.24, 2.45) is 4.99 Å². The number of imidazole rings is 1. The van der Waals surface area contributed by atoms with Crippen LogP contribution in [-0.4, -0.2) is 67.3 Å². The summed E-state index contributed by atoms with van der Waals surface area (Å²) in [6.07, 6.45) is 6.15. The molecule has 1 aliphatic heterocycles. The number of hydrogen-bond acceptors (Lipinski definition) is 4. The summed E-state index contributed by atoms with van der Waals surface area (Å²) in [6, 6.07) is 8.28. The van der Waals surface area contributed by atoms with Gasteiger partial charge in [0.15, 0.2) is 5.96 Å². The monoisotopic (exact) mass is 384 g/mol. The molecule has 28 heavy (non-hydrogen) atoms. The number of rotatable bonds is 7. The van der Waals surface area contributed by atoms with Crippen molar-refractivity contribution >= 4 is 11.6 Å². The molecule has 0 radical (unpaired) electrons. The van der Waals surface area contributed by atoms with Gasteiger partial charge in [-0.25, -0.2) is 4.98 Å². The summed E-state index contributed by atoms with van der Waals surface area (Å²) in [6.45, 7) is 7.89. The molecule has 152 valence electrons. The van der Waals surface area contributed by atoms with E-state index in [1.54, 1.807) is 7.11 Å². The molecular formula is C21H32N6O. The van der Waals surface area contributed by atoms with Crippen LogP contribution in [0.25, 0.3) is 0 Å². The molecular weight excluding hydrogens is 352 g/mol. The molecule has 2 aromatic rings. The summed E-state index contributed by atoms with van der Waals surface area (Å²) in [5, 5.41) is 3.52. The maximum Gasteiger partial charge on any atom is 0.193 e. The van der Waals surface area contributed by atoms with Crippen molar-refractivity contribution < 1.29 is 4.74 Å². The predicted octanol–water partition coefficient (Wildman–Crippen LogP) is 2.38. The van der Waals surface area contributed by atoms with Crippen molar-refractivity contribution in [3.8, 4) is 5.75 Å². The van der Waals surface area contributed by atoms with E-state index in [9.17, 15) is 0 Å². The predicted molar refractivity (Wildman–Crippen MR) is 114 cm³/mol. The minimum Gasteiger partial charge on any atom is -0.497 e. The van der Waals surface area contributed by atoms with Crippen LogP contribution in [0.3, 0.4) is 0 Å². The Kier molecular flexibility index (Phi) is 7.17. The Hall–Kier alpha value is -2.70. The van der Waals surface area contributed by atoms with Crippen LogP contribution in [0, 0.1) is 6.92 Å². The van der Waals surface area contributed by atoms with Crippen LogP contribution >= 0.6 is 0 Å². The summed E-state index contributed by atoms with van der Waals surface area (Å²) in [4.78, 5) is 13.5. The van der Waals surface area contributed by atoms with E-state index in [2.05, 4.69) is 41.8 Å². The van der Waals surface area contributed by atoms with Crippen molar-refractivity contribution in [2.45, 2.75) is 26.3 Å². The molecule has 3 rings (SSSR count). The van der Waals surface area contributed by atoms with E-state index in [0.29, 0.717) is 0 Å². The van der Waals surface area contributed by atoms with E-state index in [1.165, 1.54) is 5.69 Å². The maximum absolute atomic E-state index is 5.35. The van der Waals surface area contributed by atoms with E-state index >= 15 is 0 Å². The molecule has 0 unspecified atom stereocenters. The number of nitrogens with one attached hydrogen (secondary N) is 1. The number of aromatic nitrogens is 2. The highest BCUT2D eigenvalue weighted by Crippen LogP contribution is 2.22. The summed E-state index contributed by atoms with van der Waals surface area (Å²) < 4.78 is 7.55. The summed E-state index contributed by atoms with van der Waals surface area (Å²) in [5.74, 6) is 2.99. The van der Waals surface area contributed by atoms with Gasteiger partial charge >= 0.3 is 0 Å². The minimum absolute atomic E-state index is 0.906. The average molecular weight is 385 g/mol. The van der Waals surface area contributed by atoms with Crippen LogP contribution in [0.2, 0.25) is 0 Å². The number of guanidine groups is 1. The number of aliphatic imine (C=N–C) groups is 1. The summed E-state index contributed by atoms with van der Waals surface area (Å²) in [7, 11) is 3.58. The standard InChI is InChI=1S/C21H32N6O/c1-18-23-10-12-25(18)11-5-4-9-24-21(22-2)27-15-13-26(14-16-27)19-7-6-8-20(17-19)28-3/h6-8,10,12,17H,4-5,9,11,13-16H2,1-3H3,(H,22,24). The van der Waals surface area contributed by atoms with Crippen LogP contribution in [0.4, 0.5) is 5.69 Å². The lowest BCUT2D eigenvalue weighted by Gasteiger charge is -2.37. The lowest BCUT2D eigenvalue weighted by Crippen LogP contribution is -2.52.